The number of carbonyl (C=O) groups is 2. The number of nitrogens with zero attached hydrogens (tertiary/aromatic N) is 1. The summed E-state index contributed by atoms with van der Waals surface area (Å²) in [6.45, 7) is 2.97. The van der Waals surface area contributed by atoms with E-state index < -0.39 is 35.9 Å². The predicted molar refractivity (Wildman–Crippen MR) is 51.7 cm³/mol. The van der Waals surface area contributed by atoms with Crippen molar-refractivity contribution in [1.29, 1.82) is 0 Å². The summed E-state index contributed by atoms with van der Waals surface area (Å²) in [6, 6.07) is -1.49. The number of hydrogen-bond donors (Lipinski definition) is 1. The van der Waals surface area contributed by atoms with Crippen LogP contribution in [0, 0.1) is 5.41 Å². The van der Waals surface area contributed by atoms with Crippen LogP contribution in [0.1, 0.15) is 6.42 Å². The highest BCUT2D eigenvalue weighted by atomic mass is 19.3. The molecule has 1 heterocycles. The zero-order chi connectivity index (χ0) is 12.8. The van der Waals surface area contributed by atoms with Crippen molar-refractivity contribution < 1.29 is 28.2 Å². The number of halogens is 2. The molecular formula is C10H11F2NO4. The quantitative estimate of drug-likeness (QED) is 0.758. The zero-order valence-electron chi connectivity index (χ0n) is 8.86. The summed E-state index contributed by atoms with van der Waals surface area (Å²) < 4.78 is 30.8. The Morgan fingerprint density at radius 1 is 1.59 bits per heavy atom. The van der Waals surface area contributed by atoms with Crippen molar-refractivity contribution in [3.63, 3.8) is 0 Å². The van der Waals surface area contributed by atoms with E-state index in [0.717, 1.165) is 4.90 Å². The van der Waals surface area contributed by atoms with Crippen LogP contribution in [0.25, 0.3) is 0 Å². The molecule has 2 aliphatic rings. The van der Waals surface area contributed by atoms with Gasteiger partial charge in [-0.1, -0.05) is 12.7 Å². The molecule has 0 aromatic carbocycles. The number of amides is 1. The molecule has 1 aliphatic heterocycles. The Morgan fingerprint density at radius 2 is 2.18 bits per heavy atom. The summed E-state index contributed by atoms with van der Waals surface area (Å²) in [4.78, 5) is 23.1. The van der Waals surface area contributed by atoms with Gasteiger partial charge < -0.3 is 9.84 Å². The first-order valence-corrected chi connectivity index (χ1v) is 5.01. The van der Waals surface area contributed by atoms with Gasteiger partial charge in [0.25, 0.3) is 5.92 Å². The summed E-state index contributed by atoms with van der Waals surface area (Å²) in [5.41, 5.74) is -1.58. The van der Waals surface area contributed by atoms with E-state index in [1.807, 2.05) is 0 Å². The van der Waals surface area contributed by atoms with Gasteiger partial charge in [-0.3, -0.25) is 4.90 Å². The highest BCUT2D eigenvalue weighted by Crippen LogP contribution is 2.68. The van der Waals surface area contributed by atoms with Crippen molar-refractivity contribution in [2.24, 2.45) is 5.41 Å². The van der Waals surface area contributed by atoms with Crippen LogP contribution >= 0.6 is 0 Å². The van der Waals surface area contributed by atoms with Gasteiger partial charge in [0.05, 0.1) is 5.41 Å². The summed E-state index contributed by atoms with van der Waals surface area (Å²) in [5.74, 6) is -4.42. The third-order valence-electron chi connectivity index (χ3n) is 3.22. The minimum Gasteiger partial charge on any atom is -0.480 e. The van der Waals surface area contributed by atoms with Crippen molar-refractivity contribution in [1.82, 2.24) is 4.90 Å². The molecule has 1 amide bonds. The zero-order valence-corrected chi connectivity index (χ0v) is 8.86. The van der Waals surface area contributed by atoms with E-state index in [4.69, 9.17) is 5.11 Å². The highest BCUT2D eigenvalue weighted by molar-refractivity contribution is 5.84. The molecule has 1 aliphatic carbocycles. The van der Waals surface area contributed by atoms with E-state index in [1.165, 1.54) is 6.08 Å². The Hall–Kier alpha value is -1.66. The molecule has 1 N–H and O–H groups in total. The van der Waals surface area contributed by atoms with Gasteiger partial charge in [-0.25, -0.2) is 18.4 Å². The van der Waals surface area contributed by atoms with Crippen LogP contribution < -0.4 is 0 Å². The van der Waals surface area contributed by atoms with Crippen LogP contribution in [0.4, 0.5) is 13.6 Å². The van der Waals surface area contributed by atoms with Crippen molar-refractivity contribution >= 4 is 12.1 Å². The van der Waals surface area contributed by atoms with E-state index in [1.54, 1.807) is 0 Å². The van der Waals surface area contributed by atoms with Crippen LogP contribution in [0.3, 0.4) is 0 Å². The SMILES string of the molecule is C=CCOC(=O)N1CC2(CC2(F)F)C1C(=O)O. The number of likely N-dealkylation sites (tertiary alicyclic amines) is 1. The van der Waals surface area contributed by atoms with E-state index in [2.05, 4.69) is 11.3 Å². The molecule has 0 radical (unpaired) electrons. The molecule has 17 heavy (non-hydrogen) atoms. The van der Waals surface area contributed by atoms with Gasteiger partial charge in [-0.2, -0.15) is 0 Å². The standard InChI is InChI=1S/C10H11F2NO4/c1-2-3-17-8(16)13-5-9(4-10(9,11)12)6(13)7(14)15/h2,6H,1,3-5H2,(H,14,15). The molecule has 1 saturated carbocycles. The molecule has 1 saturated heterocycles. The van der Waals surface area contributed by atoms with Crippen molar-refractivity contribution in [2.45, 2.75) is 18.4 Å². The smallest absolute Gasteiger partial charge is 0.410 e. The lowest BCUT2D eigenvalue weighted by Crippen LogP contribution is -2.65. The Balaban J connectivity index is 2.06. The average molecular weight is 247 g/mol. The van der Waals surface area contributed by atoms with E-state index in [-0.39, 0.29) is 13.2 Å². The summed E-state index contributed by atoms with van der Waals surface area (Å²) in [5, 5.41) is 8.88. The maximum Gasteiger partial charge on any atom is 0.410 e. The van der Waals surface area contributed by atoms with E-state index in [0.29, 0.717) is 0 Å². The minimum absolute atomic E-state index is 0.0783. The van der Waals surface area contributed by atoms with Gasteiger partial charge in [0.15, 0.2) is 0 Å². The number of aliphatic carboxylic acids is 1. The third-order valence-corrected chi connectivity index (χ3v) is 3.22. The van der Waals surface area contributed by atoms with Crippen LogP contribution in [0.2, 0.25) is 0 Å². The van der Waals surface area contributed by atoms with Gasteiger partial charge in [-0.15, -0.1) is 0 Å². The second-order valence-corrected chi connectivity index (χ2v) is 4.27. The molecule has 0 aromatic rings. The van der Waals surface area contributed by atoms with E-state index in [9.17, 15) is 18.4 Å². The molecule has 2 rings (SSSR count). The molecule has 1 spiro atoms. The number of ether oxygens (including phenoxy) is 1. The molecule has 2 unspecified atom stereocenters. The first kappa shape index (κ1) is 11.8. The molecule has 94 valence electrons. The minimum atomic E-state index is -2.99. The van der Waals surface area contributed by atoms with Crippen molar-refractivity contribution in [3.05, 3.63) is 12.7 Å². The number of alkyl halides is 2. The topological polar surface area (TPSA) is 66.8 Å². The Morgan fingerprint density at radius 3 is 2.59 bits per heavy atom. The molecule has 0 bridgehead atoms. The maximum absolute atomic E-state index is 13.1. The lowest BCUT2D eigenvalue weighted by atomic mass is 9.84. The van der Waals surface area contributed by atoms with Gasteiger partial charge in [0.2, 0.25) is 0 Å². The van der Waals surface area contributed by atoms with Gasteiger partial charge >= 0.3 is 12.1 Å². The van der Waals surface area contributed by atoms with Crippen LogP contribution in [0.5, 0.6) is 0 Å². The first-order valence-electron chi connectivity index (χ1n) is 5.01. The molecule has 7 heteroatoms. The number of carboxylic acids is 1. The van der Waals surface area contributed by atoms with E-state index >= 15 is 0 Å². The number of hydrogen-bond acceptors (Lipinski definition) is 3. The van der Waals surface area contributed by atoms with Crippen molar-refractivity contribution in [3.8, 4) is 0 Å². The number of rotatable bonds is 3. The summed E-state index contributed by atoms with van der Waals surface area (Å²) >= 11 is 0. The summed E-state index contributed by atoms with van der Waals surface area (Å²) in [7, 11) is 0. The first-order chi connectivity index (χ1) is 7.85. The molecule has 2 atom stereocenters. The fourth-order valence-electron chi connectivity index (χ4n) is 2.24. The van der Waals surface area contributed by atoms with Gasteiger partial charge in [-0.05, 0) is 0 Å². The second kappa shape index (κ2) is 3.41. The van der Waals surface area contributed by atoms with Crippen LogP contribution in [-0.2, 0) is 9.53 Å². The lowest BCUT2D eigenvalue weighted by Gasteiger charge is -2.45. The Labute approximate surface area is 95.6 Å². The highest BCUT2D eigenvalue weighted by Gasteiger charge is 2.83. The lowest BCUT2D eigenvalue weighted by molar-refractivity contribution is -0.159. The van der Waals surface area contributed by atoms with Crippen LogP contribution in [-0.4, -0.2) is 47.2 Å². The molecule has 0 aromatic heterocycles. The second-order valence-electron chi connectivity index (χ2n) is 4.27. The number of carbonyl (C=O) groups excluding carboxylic acids is 1. The fourth-order valence-corrected chi connectivity index (χ4v) is 2.24. The Kier molecular flexibility index (Phi) is 2.37. The van der Waals surface area contributed by atoms with Gasteiger partial charge in [0, 0.05) is 13.0 Å². The van der Waals surface area contributed by atoms with Gasteiger partial charge in [0.1, 0.15) is 12.6 Å². The predicted octanol–water partition coefficient (Wildman–Crippen LogP) is 1.10. The Bertz CT molecular complexity index is 398. The largest absolute Gasteiger partial charge is 0.480 e. The molecular weight excluding hydrogens is 236 g/mol. The fraction of sp³-hybridized carbons (Fsp3) is 0.600. The third kappa shape index (κ3) is 1.49. The van der Waals surface area contributed by atoms with Crippen LogP contribution in [0.15, 0.2) is 12.7 Å². The molecule has 5 nitrogen and oxygen atoms in total. The maximum atomic E-state index is 13.1. The monoisotopic (exact) mass is 247 g/mol. The number of carboxylic acid groups (broad SMARTS) is 1. The normalized spacial score (nSPS) is 32.8. The van der Waals surface area contributed by atoms with Crippen molar-refractivity contribution in [2.75, 3.05) is 13.2 Å². The average Bonchev–Trinajstić information content (AvgIpc) is 2.76. The summed E-state index contributed by atoms with van der Waals surface area (Å²) in [6.07, 6.45) is -0.0671. The molecule has 2 fully saturated rings.